The van der Waals surface area contributed by atoms with E-state index >= 15 is 0 Å². The third-order valence-electron chi connectivity index (χ3n) is 11.3. The topological polar surface area (TPSA) is 192 Å². The van der Waals surface area contributed by atoms with Crippen LogP contribution >= 0.6 is 58.0 Å². The van der Waals surface area contributed by atoms with Crippen LogP contribution in [0.15, 0.2) is 77.6 Å². The average Bonchev–Trinajstić information content (AvgIpc) is 4.07. The van der Waals surface area contributed by atoms with Crippen LogP contribution in [0.3, 0.4) is 0 Å². The van der Waals surface area contributed by atoms with Crippen molar-refractivity contribution < 1.29 is 46.2 Å². The maximum absolute atomic E-state index is 12.7. The molecule has 454 valence electrons. The lowest BCUT2D eigenvalue weighted by Crippen LogP contribution is -2.28. The van der Waals surface area contributed by atoms with Gasteiger partial charge in [-0.25, -0.2) is 26.6 Å². The number of aryl methyl sites for hydroxylation is 3. The molecule has 0 unspecified atom stereocenters. The monoisotopic (exact) mass is 1250 g/mol. The summed E-state index contributed by atoms with van der Waals surface area (Å²) in [5, 5.41) is 30.3. The van der Waals surface area contributed by atoms with Gasteiger partial charge in [-0.3, -0.25) is 44.3 Å². The van der Waals surface area contributed by atoms with Crippen LogP contribution in [-0.2, 0) is 46.6 Å². The molecule has 1 aromatic heterocycles. The molecule has 2 fully saturated rings. The minimum absolute atomic E-state index is 0. The van der Waals surface area contributed by atoms with Gasteiger partial charge in [0.15, 0.2) is 23.3 Å². The summed E-state index contributed by atoms with van der Waals surface area (Å²) < 4.78 is 64.0. The molecule has 2 saturated heterocycles. The van der Waals surface area contributed by atoms with Crippen LogP contribution in [0.1, 0.15) is 126 Å². The molecule has 82 heavy (non-hydrogen) atoms. The Hall–Kier alpha value is -6.32. The van der Waals surface area contributed by atoms with Crippen molar-refractivity contribution in [2.24, 2.45) is 0 Å². The van der Waals surface area contributed by atoms with E-state index in [1.807, 2.05) is 57.7 Å². The van der Waals surface area contributed by atoms with Gasteiger partial charge in [-0.1, -0.05) is 157 Å². The van der Waals surface area contributed by atoms with Crippen molar-refractivity contribution in [3.63, 3.8) is 0 Å². The number of rotatable bonds is 9. The molecule has 0 aliphatic carbocycles. The lowest BCUT2D eigenvalue weighted by molar-refractivity contribution is -0.385. The van der Waals surface area contributed by atoms with Gasteiger partial charge in [0.2, 0.25) is 23.5 Å². The van der Waals surface area contributed by atoms with Crippen LogP contribution in [-0.4, -0.2) is 72.0 Å². The highest BCUT2D eigenvalue weighted by molar-refractivity contribution is 6.55. The third kappa shape index (κ3) is 22.8. The Morgan fingerprint density at radius 1 is 0.512 bits per heavy atom. The molecule has 0 spiro atoms. The molecular formula is C57H73Cl5F5N7O8. The number of fused-ring (bicyclic) bond motifs is 1. The van der Waals surface area contributed by atoms with Crippen molar-refractivity contribution in [3.05, 3.63) is 180 Å². The van der Waals surface area contributed by atoms with Gasteiger partial charge in [-0.2, -0.15) is 0 Å². The summed E-state index contributed by atoms with van der Waals surface area (Å²) in [7, 11) is 0. The van der Waals surface area contributed by atoms with E-state index in [1.54, 1.807) is 43.3 Å². The minimum Gasteiger partial charge on any atom is -0.343 e. The Labute approximate surface area is 501 Å². The van der Waals surface area contributed by atoms with Crippen molar-refractivity contribution in [1.82, 2.24) is 24.8 Å². The SMILES string of the molecule is C.C.C.C.CCN1C(=O)CCC1=O.CCN1CCCC1=O.CCc1c(Cl)c(Cl)c(Cl)c(Cl)c1Cl.CCc1c(F)c(F)c(F)c(F)c1F.CCc1ccc([N+](=O)[O-])cc1.CCc1cccc([N+](=O)[O-])c1.CCn1nnc2ccccc2c1=O. The number of carbonyl (C=O) groups excluding carboxylic acids is 3. The first-order chi connectivity index (χ1) is 36.9. The van der Waals surface area contributed by atoms with E-state index in [1.165, 1.54) is 34.7 Å². The van der Waals surface area contributed by atoms with Crippen LogP contribution in [0.5, 0.6) is 0 Å². The van der Waals surface area contributed by atoms with E-state index in [2.05, 4.69) is 10.3 Å². The fraction of sp³-hybridized carbons (Fsp3) is 0.404. The van der Waals surface area contributed by atoms with Crippen LogP contribution in [0.4, 0.5) is 33.3 Å². The largest absolute Gasteiger partial charge is 0.343 e. The van der Waals surface area contributed by atoms with Crippen molar-refractivity contribution in [3.8, 4) is 0 Å². The maximum atomic E-state index is 12.7. The lowest BCUT2D eigenvalue weighted by atomic mass is 10.1. The van der Waals surface area contributed by atoms with Crippen molar-refractivity contribution in [2.45, 2.75) is 136 Å². The fourth-order valence-corrected chi connectivity index (χ4v) is 8.35. The number of nitro benzene ring substituents is 2. The molecule has 3 heterocycles. The summed E-state index contributed by atoms with van der Waals surface area (Å²) in [6.45, 7) is 15.8. The number of hydrogen-bond acceptors (Lipinski definition) is 10. The molecule has 5 aromatic carbocycles. The summed E-state index contributed by atoms with van der Waals surface area (Å²) in [6, 6.07) is 20.5. The Morgan fingerprint density at radius 3 is 1.38 bits per heavy atom. The fourth-order valence-electron chi connectivity index (χ4n) is 6.91. The average molecular weight is 1260 g/mol. The van der Waals surface area contributed by atoms with Crippen molar-refractivity contribution in [1.29, 1.82) is 0 Å². The van der Waals surface area contributed by atoms with Gasteiger partial charge in [0.25, 0.3) is 16.9 Å². The smallest absolute Gasteiger partial charge is 0.277 e. The number of aromatic nitrogens is 3. The standard InChI is InChI=1S/C9H9N3O.C8H5Cl5.C8H5F5.2C8H9NO2.C6H9NO2.C6H11NO.4CH4/c1-2-12-9(13)7-5-3-4-6-8(7)10-11-12;2*1-2-3-4(9)6(11)8(13)7(12)5(3)10;1-2-7-3-5-8(6-4-7)9(10)11;1-2-7-4-3-5-8(6-7)9(10)11;1-2-7-5(8)3-4-6(7)9;1-2-7-5-3-4-6(7)8;;;;/h3-6H,2H2,1H3;2*2H2,1H3;2*3-6H,2H2,1H3;2-4H2,1H3;2-5H2,1H3;4*1H4. The number of carbonyl (C=O) groups is 3. The molecule has 0 radical (unpaired) electrons. The molecular weight excluding hydrogens is 1180 g/mol. The Kier molecular flexibility index (Phi) is 39.0. The molecule has 6 aromatic rings. The quantitative estimate of drug-likeness (QED) is 0.0336. The van der Waals surface area contributed by atoms with Gasteiger partial charge < -0.3 is 4.90 Å². The zero-order chi connectivity index (χ0) is 59.0. The Balaban J connectivity index is -0.000000886. The van der Waals surface area contributed by atoms with Gasteiger partial charge in [0, 0.05) is 75.3 Å². The molecule has 0 atom stereocenters. The zero-order valence-corrected chi connectivity index (χ0v) is 47.4. The van der Waals surface area contributed by atoms with Crippen LogP contribution in [0.2, 0.25) is 25.1 Å². The number of amides is 3. The summed E-state index contributed by atoms with van der Waals surface area (Å²) in [6.07, 6.45) is 4.82. The number of hydrogen-bond donors (Lipinski definition) is 0. The highest BCUT2D eigenvalue weighted by atomic mass is 35.5. The van der Waals surface area contributed by atoms with Crippen LogP contribution in [0, 0.1) is 49.3 Å². The molecule has 25 heteroatoms. The minimum atomic E-state index is -2.12. The second-order valence-electron chi connectivity index (χ2n) is 16.2. The molecule has 2 aliphatic heterocycles. The first-order valence-electron chi connectivity index (χ1n) is 24.3. The summed E-state index contributed by atoms with van der Waals surface area (Å²) >= 11 is 29.3. The number of non-ortho nitro benzene ring substituents is 2. The predicted octanol–water partition coefficient (Wildman–Crippen LogP) is 16.9. The van der Waals surface area contributed by atoms with Crippen molar-refractivity contribution in [2.75, 3.05) is 19.6 Å². The van der Waals surface area contributed by atoms with Crippen LogP contribution < -0.4 is 5.56 Å². The second-order valence-corrected chi connectivity index (χ2v) is 18.1. The van der Waals surface area contributed by atoms with E-state index in [4.69, 9.17) is 58.0 Å². The first kappa shape index (κ1) is 79.9. The lowest BCUT2D eigenvalue weighted by Gasteiger charge is -2.10. The van der Waals surface area contributed by atoms with Gasteiger partial charge in [0.05, 0.1) is 40.3 Å². The highest BCUT2D eigenvalue weighted by Crippen LogP contribution is 2.44. The molecule has 15 nitrogen and oxygen atoms in total. The van der Waals surface area contributed by atoms with Gasteiger partial charge in [-0.15, -0.1) is 5.10 Å². The maximum Gasteiger partial charge on any atom is 0.277 e. The van der Waals surface area contributed by atoms with Gasteiger partial charge in [-0.05, 0) is 81.7 Å². The molecule has 0 saturated carbocycles. The van der Waals surface area contributed by atoms with Gasteiger partial charge in [0.1, 0.15) is 5.52 Å². The summed E-state index contributed by atoms with van der Waals surface area (Å²) in [5.74, 6) is -9.13. The van der Waals surface area contributed by atoms with E-state index < -0.39 is 34.6 Å². The number of halogens is 10. The normalized spacial score (nSPS) is 11.7. The Bertz CT molecular complexity index is 2960. The molecule has 2 aliphatic rings. The Morgan fingerprint density at radius 2 is 0.988 bits per heavy atom. The van der Waals surface area contributed by atoms with E-state index in [0.717, 1.165) is 55.5 Å². The van der Waals surface area contributed by atoms with E-state index in [-0.39, 0.29) is 89.8 Å². The molecule has 0 bridgehead atoms. The first-order valence-corrected chi connectivity index (χ1v) is 26.2. The molecule has 3 amide bonds. The highest BCUT2D eigenvalue weighted by Gasteiger charge is 2.27. The molecule has 0 N–H and O–H groups in total. The number of nitro groups is 2. The number of imide groups is 1. The number of nitrogens with zero attached hydrogens (tertiary/aromatic N) is 7. The molecule has 8 rings (SSSR count). The van der Waals surface area contributed by atoms with E-state index in [9.17, 15) is 61.4 Å². The third-order valence-corrected chi connectivity index (χ3v) is 13.7. The summed E-state index contributed by atoms with van der Waals surface area (Å²) in [5.41, 5.74) is 2.96. The predicted molar refractivity (Wildman–Crippen MR) is 321 cm³/mol. The van der Waals surface area contributed by atoms with Crippen LogP contribution in [0.25, 0.3) is 10.9 Å². The number of likely N-dealkylation sites (tertiary alicyclic amines) is 2. The van der Waals surface area contributed by atoms with Gasteiger partial charge >= 0.3 is 0 Å². The zero-order valence-electron chi connectivity index (χ0n) is 43.6. The van der Waals surface area contributed by atoms with Crippen molar-refractivity contribution >= 4 is 98.0 Å². The van der Waals surface area contributed by atoms with E-state index in [0.29, 0.717) is 59.2 Å². The second kappa shape index (κ2) is 40.0. The number of benzene rings is 5. The summed E-state index contributed by atoms with van der Waals surface area (Å²) in [4.78, 5) is 66.7.